The molecule has 0 aromatic rings. The Balaban J connectivity index is 2.39. The maximum absolute atomic E-state index is 11.0. The molecule has 13 heavy (non-hydrogen) atoms. The summed E-state index contributed by atoms with van der Waals surface area (Å²) >= 11 is 0. The van der Waals surface area contributed by atoms with E-state index in [9.17, 15) is 4.79 Å². The Labute approximate surface area is 79.8 Å². The number of Topliss-reactive ketones (excluding diaryl/α,β-unsaturated/α-hetero) is 1. The fourth-order valence-corrected chi connectivity index (χ4v) is 1.93. The van der Waals surface area contributed by atoms with Crippen molar-refractivity contribution in [2.45, 2.75) is 32.2 Å². The lowest BCUT2D eigenvalue weighted by molar-refractivity contribution is -0.118. The first-order chi connectivity index (χ1) is 6.24. The van der Waals surface area contributed by atoms with E-state index in [1.54, 1.807) is 6.92 Å². The van der Waals surface area contributed by atoms with Crippen molar-refractivity contribution in [3.63, 3.8) is 0 Å². The van der Waals surface area contributed by atoms with Crippen LogP contribution in [-0.2, 0) is 9.53 Å². The van der Waals surface area contributed by atoms with E-state index in [2.05, 4.69) is 5.32 Å². The molecule has 3 nitrogen and oxygen atoms in total. The second-order valence-electron chi connectivity index (χ2n) is 3.75. The standard InChI is InChI=1S/C10H19NO2/c1-8(12)7-10(11-2)9-3-5-13-6-4-9/h9-11H,3-7H2,1-2H3. The number of hydrogen-bond donors (Lipinski definition) is 1. The SMILES string of the molecule is CNC(CC(C)=O)C1CCOCC1. The minimum absolute atomic E-state index is 0.269. The van der Waals surface area contributed by atoms with E-state index in [1.165, 1.54) is 0 Å². The highest BCUT2D eigenvalue weighted by Crippen LogP contribution is 2.20. The summed E-state index contributed by atoms with van der Waals surface area (Å²) < 4.78 is 5.29. The van der Waals surface area contributed by atoms with Crippen LogP contribution in [0.1, 0.15) is 26.2 Å². The van der Waals surface area contributed by atoms with Crippen LogP contribution in [0.5, 0.6) is 0 Å². The molecular formula is C10H19NO2. The molecule has 1 heterocycles. The van der Waals surface area contributed by atoms with Gasteiger partial charge in [0, 0.05) is 25.7 Å². The number of rotatable bonds is 4. The maximum Gasteiger partial charge on any atom is 0.131 e. The molecule has 1 N–H and O–H groups in total. The van der Waals surface area contributed by atoms with E-state index in [4.69, 9.17) is 4.74 Å². The van der Waals surface area contributed by atoms with Gasteiger partial charge in [-0.2, -0.15) is 0 Å². The predicted octanol–water partition coefficient (Wildman–Crippen LogP) is 0.980. The minimum atomic E-state index is 0.269. The van der Waals surface area contributed by atoms with Gasteiger partial charge in [-0.25, -0.2) is 0 Å². The smallest absolute Gasteiger partial charge is 0.131 e. The Morgan fingerprint density at radius 1 is 1.54 bits per heavy atom. The summed E-state index contributed by atoms with van der Waals surface area (Å²) in [5.74, 6) is 0.883. The van der Waals surface area contributed by atoms with Crippen molar-refractivity contribution in [1.29, 1.82) is 0 Å². The van der Waals surface area contributed by atoms with Crippen LogP contribution in [-0.4, -0.2) is 32.1 Å². The molecule has 1 atom stereocenters. The molecule has 76 valence electrons. The van der Waals surface area contributed by atoms with E-state index >= 15 is 0 Å². The average Bonchev–Trinajstić information content (AvgIpc) is 2.15. The topological polar surface area (TPSA) is 38.3 Å². The van der Waals surface area contributed by atoms with Crippen molar-refractivity contribution in [3.05, 3.63) is 0 Å². The van der Waals surface area contributed by atoms with Gasteiger partial charge in [-0.05, 0) is 32.7 Å². The quantitative estimate of drug-likeness (QED) is 0.709. The van der Waals surface area contributed by atoms with Gasteiger partial charge in [0.05, 0.1) is 0 Å². The molecule has 0 radical (unpaired) electrons. The highest BCUT2D eigenvalue weighted by atomic mass is 16.5. The Morgan fingerprint density at radius 3 is 2.62 bits per heavy atom. The third kappa shape index (κ3) is 3.44. The average molecular weight is 185 g/mol. The lowest BCUT2D eigenvalue weighted by Gasteiger charge is -2.29. The molecule has 1 aliphatic rings. The molecule has 1 fully saturated rings. The summed E-state index contributed by atoms with van der Waals surface area (Å²) in [6.07, 6.45) is 2.82. The summed E-state index contributed by atoms with van der Waals surface area (Å²) in [7, 11) is 1.93. The summed E-state index contributed by atoms with van der Waals surface area (Å²) in [6, 6.07) is 0.349. The maximum atomic E-state index is 11.0. The third-order valence-electron chi connectivity index (χ3n) is 2.71. The van der Waals surface area contributed by atoms with E-state index < -0.39 is 0 Å². The number of nitrogens with one attached hydrogen (secondary N) is 1. The Morgan fingerprint density at radius 2 is 2.15 bits per heavy atom. The van der Waals surface area contributed by atoms with Gasteiger partial charge in [0.1, 0.15) is 5.78 Å². The van der Waals surface area contributed by atoms with Crippen LogP contribution < -0.4 is 5.32 Å². The molecule has 0 aliphatic carbocycles. The second-order valence-corrected chi connectivity index (χ2v) is 3.75. The first kappa shape index (κ1) is 10.7. The second kappa shape index (κ2) is 5.35. The summed E-state index contributed by atoms with van der Waals surface area (Å²) in [5.41, 5.74) is 0. The van der Waals surface area contributed by atoms with Crippen molar-refractivity contribution in [2.75, 3.05) is 20.3 Å². The van der Waals surface area contributed by atoms with Crippen molar-refractivity contribution in [3.8, 4) is 0 Å². The Bertz CT molecular complexity index is 164. The zero-order chi connectivity index (χ0) is 9.68. The largest absolute Gasteiger partial charge is 0.381 e. The zero-order valence-corrected chi connectivity index (χ0v) is 8.51. The Hall–Kier alpha value is -0.410. The van der Waals surface area contributed by atoms with Crippen molar-refractivity contribution >= 4 is 5.78 Å². The number of carbonyl (C=O) groups excluding carboxylic acids is 1. The summed E-state index contributed by atoms with van der Waals surface area (Å²) in [5, 5.41) is 3.23. The molecule has 0 aromatic carbocycles. The van der Waals surface area contributed by atoms with Gasteiger partial charge in [-0.15, -0.1) is 0 Å². The summed E-state index contributed by atoms with van der Waals surface area (Å²) in [4.78, 5) is 11.0. The molecule has 0 spiro atoms. The van der Waals surface area contributed by atoms with Crippen LogP contribution in [0.25, 0.3) is 0 Å². The van der Waals surface area contributed by atoms with Crippen LogP contribution in [0.15, 0.2) is 0 Å². The predicted molar refractivity (Wildman–Crippen MR) is 51.7 cm³/mol. The molecule has 1 aliphatic heterocycles. The molecular weight excluding hydrogens is 166 g/mol. The number of hydrogen-bond acceptors (Lipinski definition) is 3. The van der Waals surface area contributed by atoms with Gasteiger partial charge in [0.2, 0.25) is 0 Å². The van der Waals surface area contributed by atoms with Crippen molar-refractivity contribution in [2.24, 2.45) is 5.92 Å². The normalized spacial score (nSPS) is 21.4. The lowest BCUT2D eigenvalue weighted by atomic mass is 9.89. The van der Waals surface area contributed by atoms with Crippen LogP contribution in [0.4, 0.5) is 0 Å². The first-order valence-electron chi connectivity index (χ1n) is 4.98. The zero-order valence-electron chi connectivity index (χ0n) is 8.51. The van der Waals surface area contributed by atoms with Gasteiger partial charge in [0.25, 0.3) is 0 Å². The highest BCUT2D eigenvalue weighted by molar-refractivity contribution is 5.76. The molecule has 0 amide bonds. The highest BCUT2D eigenvalue weighted by Gasteiger charge is 2.23. The molecule has 1 rings (SSSR count). The fraction of sp³-hybridized carbons (Fsp3) is 0.900. The van der Waals surface area contributed by atoms with Crippen LogP contribution in [0.3, 0.4) is 0 Å². The number of carbonyl (C=O) groups is 1. The lowest BCUT2D eigenvalue weighted by Crippen LogP contribution is -2.38. The fourth-order valence-electron chi connectivity index (χ4n) is 1.93. The summed E-state index contributed by atoms with van der Waals surface area (Å²) in [6.45, 7) is 3.35. The van der Waals surface area contributed by atoms with Crippen molar-refractivity contribution in [1.82, 2.24) is 5.32 Å². The molecule has 0 bridgehead atoms. The molecule has 1 unspecified atom stereocenters. The van der Waals surface area contributed by atoms with E-state index in [-0.39, 0.29) is 5.78 Å². The van der Waals surface area contributed by atoms with Crippen LogP contribution in [0.2, 0.25) is 0 Å². The van der Waals surface area contributed by atoms with Gasteiger partial charge >= 0.3 is 0 Å². The number of ether oxygens (including phenoxy) is 1. The minimum Gasteiger partial charge on any atom is -0.381 e. The van der Waals surface area contributed by atoms with E-state index in [0.29, 0.717) is 18.4 Å². The first-order valence-corrected chi connectivity index (χ1v) is 4.98. The van der Waals surface area contributed by atoms with Gasteiger partial charge in [0.15, 0.2) is 0 Å². The van der Waals surface area contributed by atoms with Crippen molar-refractivity contribution < 1.29 is 9.53 Å². The van der Waals surface area contributed by atoms with E-state index in [0.717, 1.165) is 26.1 Å². The van der Waals surface area contributed by atoms with Gasteiger partial charge < -0.3 is 10.1 Å². The van der Waals surface area contributed by atoms with Gasteiger partial charge in [-0.3, -0.25) is 4.79 Å². The number of ketones is 1. The molecule has 3 heteroatoms. The van der Waals surface area contributed by atoms with Crippen LogP contribution >= 0.6 is 0 Å². The van der Waals surface area contributed by atoms with Gasteiger partial charge in [-0.1, -0.05) is 0 Å². The molecule has 0 saturated carbocycles. The monoisotopic (exact) mass is 185 g/mol. The molecule has 1 saturated heterocycles. The Kier molecular flexibility index (Phi) is 4.39. The third-order valence-corrected chi connectivity index (χ3v) is 2.71. The molecule has 0 aromatic heterocycles. The van der Waals surface area contributed by atoms with E-state index in [1.807, 2.05) is 7.05 Å². The van der Waals surface area contributed by atoms with Crippen LogP contribution in [0, 0.1) is 5.92 Å².